The minimum absolute atomic E-state index is 0.0507. The average molecular weight is 286 g/mol. The van der Waals surface area contributed by atoms with Gasteiger partial charge in [-0.2, -0.15) is 0 Å². The first-order chi connectivity index (χ1) is 7.57. The third-order valence-electron chi connectivity index (χ3n) is 2.08. The summed E-state index contributed by atoms with van der Waals surface area (Å²) in [6.07, 6.45) is 1.10. The van der Waals surface area contributed by atoms with Gasteiger partial charge in [-0.3, -0.25) is 4.79 Å². The first kappa shape index (κ1) is 16.4. The Labute approximate surface area is 102 Å². The summed E-state index contributed by atoms with van der Waals surface area (Å²) >= 11 is 0. The minimum Gasteiger partial charge on any atom is -0.469 e. The number of hydrogen-bond acceptors (Lipinski definition) is 6. The first-order valence-electron chi connectivity index (χ1n) is 5.03. The molecule has 6 nitrogen and oxygen atoms in total. The average Bonchev–Trinajstić information content (AvgIpc) is 2.13. The second-order valence-corrected chi connectivity index (χ2v) is 8.51. The smallest absolute Gasteiger partial charge is 0.309 e. The van der Waals surface area contributed by atoms with Crippen molar-refractivity contribution in [2.75, 3.05) is 30.6 Å². The van der Waals surface area contributed by atoms with E-state index in [9.17, 15) is 21.6 Å². The Morgan fingerprint density at radius 3 is 2.12 bits per heavy atom. The van der Waals surface area contributed by atoms with Gasteiger partial charge in [0.25, 0.3) is 0 Å². The number of carbonyl (C=O) groups is 1. The number of rotatable bonds is 7. The predicted molar refractivity (Wildman–Crippen MR) is 64.2 cm³/mol. The molecule has 0 amide bonds. The van der Waals surface area contributed by atoms with Crippen molar-refractivity contribution in [3.8, 4) is 0 Å². The number of carbonyl (C=O) groups excluding carboxylic acids is 1. The van der Waals surface area contributed by atoms with Gasteiger partial charge in [-0.05, 0) is 6.42 Å². The molecular weight excluding hydrogens is 268 g/mol. The van der Waals surface area contributed by atoms with E-state index in [0.717, 1.165) is 6.26 Å². The Bertz CT molecular complexity index is 448. The summed E-state index contributed by atoms with van der Waals surface area (Å²) in [5.74, 6) is -2.04. The van der Waals surface area contributed by atoms with Crippen LogP contribution in [0.5, 0.6) is 0 Å². The lowest BCUT2D eigenvalue weighted by Crippen LogP contribution is -2.24. The van der Waals surface area contributed by atoms with Crippen LogP contribution in [0.25, 0.3) is 0 Å². The molecule has 0 aromatic heterocycles. The Hall–Kier alpha value is -0.630. The Morgan fingerprint density at radius 2 is 1.71 bits per heavy atom. The summed E-state index contributed by atoms with van der Waals surface area (Å²) in [5, 5.41) is 0. The van der Waals surface area contributed by atoms with Crippen molar-refractivity contribution in [1.82, 2.24) is 0 Å². The zero-order chi connectivity index (χ0) is 13.7. The van der Waals surface area contributed by atoms with Crippen LogP contribution in [-0.2, 0) is 29.2 Å². The fourth-order valence-electron chi connectivity index (χ4n) is 1.27. The maximum Gasteiger partial charge on any atom is 0.309 e. The molecule has 1 atom stereocenters. The lowest BCUT2D eigenvalue weighted by Gasteiger charge is -2.09. The molecule has 0 bridgehead atoms. The zero-order valence-electron chi connectivity index (χ0n) is 10.2. The van der Waals surface area contributed by atoms with Gasteiger partial charge in [-0.15, -0.1) is 0 Å². The molecule has 0 aliphatic carbocycles. The molecule has 0 saturated carbocycles. The quantitative estimate of drug-likeness (QED) is 0.593. The Balaban J connectivity index is 4.27. The summed E-state index contributed by atoms with van der Waals surface area (Å²) in [5.41, 5.74) is 0. The summed E-state index contributed by atoms with van der Waals surface area (Å²) in [6.45, 7) is 1.46. The van der Waals surface area contributed by atoms with Gasteiger partial charge >= 0.3 is 5.97 Å². The molecule has 0 aromatic carbocycles. The number of sulfone groups is 2. The van der Waals surface area contributed by atoms with Gasteiger partial charge in [-0.1, -0.05) is 6.92 Å². The van der Waals surface area contributed by atoms with Gasteiger partial charge in [0.05, 0.1) is 30.3 Å². The molecule has 0 N–H and O–H groups in total. The summed E-state index contributed by atoms with van der Waals surface area (Å²) in [7, 11) is -5.39. The van der Waals surface area contributed by atoms with Gasteiger partial charge in [0, 0.05) is 6.26 Å². The normalized spacial score (nSPS) is 14.3. The topological polar surface area (TPSA) is 94.6 Å². The van der Waals surface area contributed by atoms with Crippen LogP contribution in [0.15, 0.2) is 0 Å². The number of hydrogen-bond donors (Lipinski definition) is 0. The van der Waals surface area contributed by atoms with Crippen molar-refractivity contribution >= 4 is 25.6 Å². The first-order valence-corrected chi connectivity index (χ1v) is 8.91. The molecule has 8 heteroatoms. The van der Waals surface area contributed by atoms with Crippen LogP contribution in [0.2, 0.25) is 0 Å². The van der Waals surface area contributed by atoms with E-state index >= 15 is 0 Å². The van der Waals surface area contributed by atoms with Gasteiger partial charge < -0.3 is 4.74 Å². The molecular formula is C9H18O6S2. The van der Waals surface area contributed by atoms with E-state index in [1.54, 1.807) is 0 Å². The highest BCUT2D eigenvalue weighted by molar-refractivity contribution is 7.92. The second-order valence-electron chi connectivity index (χ2n) is 4.02. The largest absolute Gasteiger partial charge is 0.469 e. The van der Waals surface area contributed by atoms with Gasteiger partial charge in [0.1, 0.15) is 9.84 Å². The molecule has 0 radical (unpaired) electrons. The SMILES string of the molecule is COC(=O)C(C)CS(=O)(=O)CCCS(C)(=O)=O. The van der Waals surface area contributed by atoms with Crippen molar-refractivity contribution in [2.24, 2.45) is 5.92 Å². The molecule has 0 spiro atoms. The molecule has 102 valence electrons. The van der Waals surface area contributed by atoms with E-state index < -0.39 is 31.6 Å². The molecule has 1 unspecified atom stereocenters. The van der Waals surface area contributed by atoms with Crippen LogP contribution in [0.3, 0.4) is 0 Å². The molecule has 0 aliphatic rings. The molecule has 0 saturated heterocycles. The lowest BCUT2D eigenvalue weighted by molar-refractivity contribution is -0.144. The molecule has 0 aromatic rings. The van der Waals surface area contributed by atoms with E-state index in [4.69, 9.17) is 0 Å². The minimum atomic E-state index is -3.42. The molecule has 17 heavy (non-hydrogen) atoms. The highest BCUT2D eigenvalue weighted by Crippen LogP contribution is 2.06. The molecule has 0 rings (SSSR count). The number of esters is 1. The highest BCUT2D eigenvalue weighted by Gasteiger charge is 2.22. The van der Waals surface area contributed by atoms with Crippen LogP contribution >= 0.6 is 0 Å². The summed E-state index contributed by atoms with van der Waals surface area (Å²) < 4.78 is 49.2. The second kappa shape index (κ2) is 6.34. The van der Waals surface area contributed by atoms with E-state index in [2.05, 4.69) is 4.74 Å². The zero-order valence-corrected chi connectivity index (χ0v) is 11.8. The molecule has 0 aliphatic heterocycles. The number of ether oxygens (including phenoxy) is 1. The van der Waals surface area contributed by atoms with Crippen molar-refractivity contribution in [3.05, 3.63) is 0 Å². The van der Waals surface area contributed by atoms with Crippen LogP contribution in [0.1, 0.15) is 13.3 Å². The molecule has 0 fully saturated rings. The highest BCUT2D eigenvalue weighted by atomic mass is 32.2. The van der Waals surface area contributed by atoms with Gasteiger partial charge in [0.2, 0.25) is 0 Å². The van der Waals surface area contributed by atoms with Crippen LogP contribution in [0.4, 0.5) is 0 Å². The fraction of sp³-hybridized carbons (Fsp3) is 0.889. The van der Waals surface area contributed by atoms with Crippen molar-refractivity contribution < 1.29 is 26.4 Å². The maximum absolute atomic E-state index is 11.5. The van der Waals surface area contributed by atoms with E-state index in [1.807, 2.05) is 0 Å². The summed E-state index contributed by atoms with van der Waals surface area (Å²) in [6, 6.07) is 0. The van der Waals surface area contributed by atoms with Gasteiger partial charge in [-0.25, -0.2) is 16.8 Å². The predicted octanol–water partition coefficient (Wildman–Crippen LogP) is -0.355. The third kappa shape index (κ3) is 8.14. The van der Waals surface area contributed by atoms with Crippen LogP contribution < -0.4 is 0 Å². The van der Waals surface area contributed by atoms with Crippen molar-refractivity contribution in [3.63, 3.8) is 0 Å². The van der Waals surface area contributed by atoms with Crippen LogP contribution in [-0.4, -0.2) is 53.4 Å². The summed E-state index contributed by atoms with van der Waals surface area (Å²) in [4.78, 5) is 11.0. The Morgan fingerprint density at radius 1 is 1.18 bits per heavy atom. The van der Waals surface area contributed by atoms with Crippen LogP contribution in [0, 0.1) is 5.92 Å². The third-order valence-corrected chi connectivity index (χ3v) is 5.03. The maximum atomic E-state index is 11.5. The molecule has 0 heterocycles. The lowest BCUT2D eigenvalue weighted by atomic mass is 10.2. The van der Waals surface area contributed by atoms with E-state index in [-0.39, 0.29) is 23.7 Å². The Kier molecular flexibility index (Phi) is 6.11. The van der Waals surface area contributed by atoms with Crippen molar-refractivity contribution in [1.29, 1.82) is 0 Å². The van der Waals surface area contributed by atoms with E-state index in [0.29, 0.717) is 0 Å². The number of methoxy groups -OCH3 is 1. The van der Waals surface area contributed by atoms with E-state index in [1.165, 1.54) is 14.0 Å². The monoisotopic (exact) mass is 286 g/mol. The standard InChI is InChI=1S/C9H18O6S2/c1-8(9(10)15-2)7-17(13,14)6-4-5-16(3,11)12/h8H,4-7H2,1-3H3. The van der Waals surface area contributed by atoms with Gasteiger partial charge in [0.15, 0.2) is 9.84 Å². The fourth-order valence-corrected chi connectivity index (χ4v) is 3.77. The van der Waals surface area contributed by atoms with Crippen molar-refractivity contribution in [2.45, 2.75) is 13.3 Å².